The number of aromatic nitrogens is 1. The summed E-state index contributed by atoms with van der Waals surface area (Å²) in [6.07, 6.45) is 5.82. The van der Waals surface area contributed by atoms with Gasteiger partial charge in [0.15, 0.2) is 5.58 Å². The number of hydrogen-bond donors (Lipinski definition) is 1. The summed E-state index contributed by atoms with van der Waals surface area (Å²) in [6.45, 7) is 2.05. The average molecular weight is 342 g/mol. The number of furan rings is 1. The van der Waals surface area contributed by atoms with E-state index in [0.717, 1.165) is 47.6 Å². The fourth-order valence-electron chi connectivity index (χ4n) is 3.25. The van der Waals surface area contributed by atoms with Gasteiger partial charge in [-0.15, -0.1) is 11.8 Å². The lowest BCUT2D eigenvalue weighted by molar-refractivity contribution is 0.397. The van der Waals surface area contributed by atoms with Crippen LogP contribution < -0.4 is 5.32 Å². The molecule has 3 aromatic rings. The number of nitrogens with zero attached hydrogens (tertiary/aromatic N) is 1. The molecule has 2 aromatic heterocycles. The average Bonchev–Trinajstić information content (AvgIpc) is 3.05. The van der Waals surface area contributed by atoms with Crippen molar-refractivity contribution in [3.8, 4) is 11.3 Å². The lowest BCUT2D eigenvalue weighted by Gasteiger charge is -2.20. The van der Waals surface area contributed by atoms with Crippen LogP contribution in [0.15, 0.2) is 45.8 Å². The molecule has 24 heavy (non-hydrogen) atoms. The minimum Gasteiger partial charge on any atom is -0.459 e. The molecule has 0 saturated carbocycles. The van der Waals surface area contributed by atoms with E-state index in [1.807, 2.05) is 18.4 Å². The summed E-state index contributed by atoms with van der Waals surface area (Å²) in [5, 5.41) is 4.35. The molecule has 0 aliphatic carbocycles. The number of halogens is 1. The molecule has 4 rings (SSSR count). The molecule has 5 heteroatoms. The Hall–Kier alpha value is -1.85. The molecule has 0 unspecified atom stereocenters. The predicted octanol–water partition coefficient (Wildman–Crippen LogP) is 4.82. The molecule has 0 bridgehead atoms. The van der Waals surface area contributed by atoms with Crippen LogP contribution in [0.1, 0.15) is 24.5 Å². The van der Waals surface area contributed by atoms with Crippen LogP contribution in [0.5, 0.6) is 0 Å². The number of hydrogen-bond acceptors (Lipinski definition) is 4. The SMILES string of the molecule is CSc1ccc(-c2cc3cc(C4CCNCC4)oc3cn2)c(F)c1. The number of piperidine rings is 1. The smallest absolute Gasteiger partial charge is 0.152 e. The van der Waals surface area contributed by atoms with Crippen LogP contribution in [0.25, 0.3) is 22.2 Å². The zero-order chi connectivity index (χ0) is 16.5. The van der Waals surface area contributed by atoms with Crippen LogP contribution in [0.3, 0.4) is 0 Å². The van der Waals surface area contributed by atoms with E-state index in [2.05, 4.69) is 16.4 Å². The second-order valence-electron chi connectivity index (χ2n) is 6.13. The maximum absolute atomic E-state index is 14.3. The number of fused-ring (bicyclic) bond motifs is 1. The van der Waals surface area contributed by atoms with Gasteiger partial charge in [-0.05, 0) is 62.5 Å². The van der Waals surface area contributed by atoms with Gasteiger partial charge in [-0.2, -0.15) is 0 Å². The van der Waals surface area contributed by atoms with E-state index in [-0.39, 0.29) is 5.82 Å². The highest BCUT2D eigenvalue weighted by atomic mass is 32.2. The second-order valence-corrected chi connectivity index (χ2v) is 7.01. The van der Waals surface area contributed by atoms with Gasteiger partial charge in [0.2, 0.25) is 0 Å². The number of pyridine rings is 1. The van der Waals surface area contributed by atoms with Crippen LogP contribution in [0, 0.1) is 5.82 Å². The Kier molecular flexibility index (Phi) is 4.29. The summed E-state index contributed by atoms with van der Waals surface area (Å²) >= 11 is 1.53. The van der Waals surface area contributed by atoms with Crippen molar-refractivity contribution < 1.29 is 8.81 Å². The van der Waals surface area contributed by atoms with Gasteiger partial charge in [0.25, 0.3) is 0 Å². The maximum atomic E-state index is 14.3. The van der Waals surface area contributed by atoms with E-state index in [4.69, 9.17) is 4.42 Å². The Labute approximate surface area is 144 Å². The summed E-state index contributed by atoms with van der Waals surface area (Å²) in [6, 6.07) is 9.28. The third kappa shape index (κ3) is 2.94. The monoisotopic (exact) mass is 342 g/mol. The van der Waals surface area contributed by atoms with Gasteiger partial charge in [-0.3, -0.25) is 4.98 Å². The molecule has 0 atom stereocenters. The van der Waals surface area contributed by atoms with Gasteiger partial charge in [-0.1, -0.05) is 0 Å². The Balaban J connectivity index is 1.70. The predicted molar refractivity (Wildman–Crippen MR) is 96.0 cm³/mol. The first-order valence-corrected chi connectivity index (χ1v) is 9.41. The molecule has 1 aliphatic rings. The Bertz CT molecular complexity index is 871. The van der Waals surface area contributed by atoms with E-state index in [0.29, 0.717) is 17.2 Å². The Morgan fingerprint density at radius 3 is 2.79 bits per heavy atom. The van der Waals surface area contributed by atoms with Gasteiger partial charge >= 0.3 is 0 Å². The highest BCUT2D eigenvalue weighted by molar-refractivity contribution is 7.98. The summed E-state index contributed by atoms with van der Waals surface area (Å²) < 4.78 is 20.3. The molecular formula is C19H19FN2OS. The zero-order valence-corrected chi connectivity index (χ0v) is 14.3. The topological polar surface area (TPSA) is 38.1 Å². The molecule has 1 aromatic carbocycles. The first kappa shape index (κ1) is 15.7. The molecule has 3 nitrogen and oxygen atoms in total. The van der Waals surface area contributed by atoms with Crippen molar-refractivity contribution in [2.45, 2.75) is 23.7 Å². The van der Waals surface area contributed by atoms with Gasteiger partial charge in [0.1, 0.15) is 11.6 Å². The van der Waals surface area contributed by atoms with E-state index in [1.165, 1.54) is 11.8 Å². The van der Waals surface area contributed by atoms with Gasteiger partial charge in [-0.25, -0.2) is 4.39 Å². The number of benzene rings is 1. The minimum absolute atomic E-state index is 0.240. The highest BCUT2D eigenvalue weighted by Gasteiger charge is 2.19. The molecule has 0 radical (unpaired) electrons. The maximum Gasteiger partial charge on any atom is 0.152 e. The van der Waals surface area contributed by atoms with Gasteiger partial charge < -0.3 is 9.73 Å². The van der Waals surface area contributed by atoms with Crippen LogP contribution in [0.2, 0.25) is 0 Å². The van der Waals surface area contributed by atoms with Crippen LogP contribution in [0.4, 0.5) is 4.39 Å². The molecule has 124 valence electrons. The number of rotatable bonds is 3. The lowest BCUT2D eigenvalue weighted by atomic mass is 9.95. The van der Waals surface area contributed by atoms with E-state index >= 15 is 0 Å². The Morgan fingerprint density at radius 2 is 2.04 bits per heavy atom. The first-order valence-electron chi connectivity index (χ1n) is 8.19. The van der Waals surface area contributed by atoms with Crippen molar-refractivity contribution in [2.75, 3.05) is 19.3 Å². The van der Waals surface area contributed by atoms with Crippen molar-refractivity contribution in [3.05, 3.63) is 48.1 Å². The van der Waals surface area contributed by atoms with Crippen molar-refractivity contribution in [1.82, 2.24) is 10.3 Å². The number of thioether (sulfide) groups is 1. The van der Waals surface area contributed by atoms with Crippen LogP contribution in [-0.2, 0) is 0 Å². The van der Waals surface area contributed by atoms with Crippen molar-refractivity contribution in [1.29, 1.82) is 0 Å². The number of nitrogens with one attached hydrogen (secondary N) is 1. The largest absolute Gasteiger partial charge is 0.459 e. The summed E-state index contributed by atoms with van der Waals surface area (Å²) in [5.41, 5.74) is 1.94. The quantitative estimate of drug-likeness (QED) is 0.692. The van der Waals surface area contributed by atoms with Crippen molar-refractivity contribution in [2.24, 2.45) is 0 Å². The second kappa shape index (κ2) is 6.57. The lowest BCUT2D eigenvalue weighted by Crippen LogP contribution is -2.26. The third-order valence-electron chi connectivity index (χ3n) is 4.62. The molecule has 0 amide bonds. The molecule has 3 heterocycles. The third-order valence-corrected chi connectivity index (χ3v) is 5.34. The molecule has 1 fully saturated rings. The molecule has 1 saturated heterocycles. The van der Waals surface area contributed by atoms with E-state index in [9.17, 15) is 4.39 Å². The van der Waals surface area contributed by atoms with Crippen molar-refractivity contribution in [3.63, 3.8) is 0 Å². The summed E-state index contributed by atoms with van der Waals surface area (Å²) in [7, 11) is 0. The van der Waals surface area contributed by atoms with Gasteiger partial charge in [0, 0.05) is 21.8 Å². The fourth-order valence-corrected chi connectivity index (χ4v) is 3.68. The van der Waals surface area contributed by atoms with Crippen LogP contribution in [-0.4, -0.2) is 24.3 Å². The normalized spacial score (nSPS) is 15.9. The molecular weight excluding hydrogens is 323 g/mol. The standard InChI is InChI=1S/C19H19FN2OS/c1-24-14-2-3-15(16(20)10-14)17-8-13-9-18(23-19(13)11-22-17)12-4-6-21-7-5-12/h2-3,8-12,21H,4-7H2,1H3. The summed E-state index contributed by atoms with van der Waals surface area (Å²) in [4.78, 5) is 5.31. The van der Waals surface area contributed by atoms with Crippen molar-refractivity contribution >= 4 is 22.7 Å². The minimum atomic E-state index is -0.240. The molecule has 1 aliphatic heterocycles. The summed E-state index contributed by atoms with van der Waals surface area (Å²) in [5.74, 6) is 1.24. The van der Waals surface area contributed by atoms with Crippen LogP contribution >= 0.6 is 11.8 Å². The van der Waals surface area contributed by atoms with E-state index < -0.39 is 0 Å². The van der Waals surface area contributed by atoms with Gasteiger partial charge in [0.05, 0.1) is 11.9 Å². The molecule has 1 N–H and O–H groups in total. The first-order chi connectivity index (χ1) is 11.7. The fraction of sp³-hybridized carbons (Fsp3) is 0.316. The highest BCUT2D eigenvalue weighted by Crippen LogP contribution is 2.32. The zero-order valence-electron chi connectivity index (χ0n) is 13.5. The molecule has 0 spiro atoms. The Morgan fingerprint density at radius 1 is 1.21 bits per heavy atom. The van der Waals surface area contributed by atoms with E-state index in [1.54, 1.807) is 18.3 Å².